The lowest BCUT2D eigenvalue weighted by molar-refractivity contribution is 0.176. The normalized spacial score (nSPS) is 12.5. The molecule has 0 radical (unpaired) electrons. The second-order valence-corrected chi connectivity index (χ2v) is 6.14. The van der Waals surface area contributed by atoms with Gasteiger partial charge in [0.25, 0.3) is 0 Å². The Kier molecular flexibility index (Phi) is 4.76. The Morgan fingerprint density at radius 3 is 2.68 bits per heavy atom. The number of hydrogen-bond donors (Lipinski definition) is 1. The van der Waals surface area contributed by atoms with Gasteiger partial charge < -0.3 is 5.11 Å². The highest BCUT2D eigenvalue weighted by Gasteiger charge is 2.15. The van der Waals surface area contributed by atoms with E-state index in [1.54, 1.807) is 12.1 Å². The molecule has 0 aromatic heterocycles. The molecule has 2 aromatic carbocycles. The number of halogens is 3. The van der Waals surface area contributed by atoms with E-state index in [4.69, 9.17) is 0 Å². The summed E-state index contributed by atoms with van der Waals surface area (Å²) < 4.78 is 15.4. The quantitative estimate of drug-likeness (QED) is 0.791. The summed E-state index contributed by atoms with van der Waals surface area (Å²) in [6.45, 7) is 1.96. The summed E-state index contributed by atoms with van der Waals surface area (Å²) in [6, 6.07) is 10.4. The van der Waals surface area contributed by atoms with Crippen LogP contribution in [0.25, 0.3) is 0 Å². The third kappa shape index (κ3) is 3.44. The topological polar surface area (TPSA) is 20.2 Å². The minimum absolute atomic E-state index is 0.243. The summed E-state index contributed by atoms with van der Waals surface area (Å²) in [5.74, 6) is -0.300. The van der Waals surface area contributed by atoms with Gasteiger partial charge in [0.2, 0.25) is 0 Å². The van der Waals surface area contributed by atoms with Crippen molar-refractivity contribution in [2.45, 2.75) is 19.4 Å². The monoisotopic (exact) mass is 386 g/mol. The maximum atomic E-state index is 13.7. The molecule has 19 heavy (non-hydrogen) atoms. The van der Waals surface area contributed by atoms with Crippen LogP contribution in [0.2, 0.25) is 0 Å². The molecular weight excluding hydrogens is 375 g/mol. The standard InChI is InChI=1S/C15H13Br2FO/c1-9-3-2-4-12(15(9)17)14(19)8-10-7-11(16)5-6-13(10)18/h2-7,14,19H,8H2,1H3. The van der Waals surface area contributed by atoms with Gasteiger partial charge in [0, 0.05) is 15.4 Å². The number of rotatable bonds is 3. The number of aliphatic hydroxyl groups excluding tert-OH is 1. The smallest absolute Gasteiger partial charge is 0.126 e. The van der Waals surface area contributed by atoms with Crippen molar-refractivity contribution in [1.29, 1.82) is 0 Å². The van der Waals surface area contributed by atoms with Crippen LogP contribution in [0, 0.1) is 12.7 Å². The van der Waals surface area contributed by atoms with Gasteiger partial charge in [-0.1, -0.05) is 50.1 Å². The van der Waals surface area contributed by atoms with Crippen molar-refractivity contribution in [3.05, 3.63) is 67.9 Å². The van der Waals surface area contributed by atoms with Crippen molar-refractivity contribution >= 4 is 31.9 Å². The first kappa shape index (κ1) is 14.7. The van der Waals surface area contributed by atoms with E-state index in [0.717, 1.165) is 20.1 Å². The number of hydrogen-bond acceptors (Lipinski definition) is 1. The van der Waals surface area contributed by atoms with Gasteiger partial charge in [-0.2, -0.15) is 0 Å². The van der Waals surface area contributed by atoms with Gasteiger partial charge in [-0.3, -0.25) is 0 Å². The van der Waals surface area contributed by atoms with Crippen LogP contribution < -0.4 is 0 Å². The first-order valence-corrected chi connectivity index (χ1v) is 7.44. The lowest BCUT2D eigenvalue weighted by Crippen LogP contribution is -2.05. The van der Waals surface area contributed by atoms with Crippen LogP contribution in [-0.2, 0) is 6.42 Å². The van der Waals surface area contributed by atoms with Gasteiger partial charge in [-0.05, 0) is 41.8 Å². The van der Waals surface area contributed by atoms with Crippen LogP contribution in [0.3, 0.4) is 0 Å². The molecule has 1 atom stereocenters. The van der Waals surface area contributed by atoms with Crippen LogP contribution >= 0.6 is 31.9 Å². The molecule has 1 N–H and O–H groups in total. The van der Waals surface area contributed by atoms with E-state index in [1.807, 2.05) is 25.1 Å². The second-order valence-electron chi connectivity index (χ2n) is 4.43. The number of benzene rings is 2. The molecule has 1 unspecified atom stereocenters. The molecule has 100 valence electrons. The maximum absolute atomic E-state index is 13.7. The van der Waals surface area contributed by atoms with Gasteiger partial charge in [-0.25, -0.2) is 4.39 Å². The Morgan fingerprint density at radius 2 is 1.95 bits per heavy atom. The zero-order valence-corrected chi connectivity index (χ0v) is 13.5. The predicted molar refractivity (Wildman–Crippen MR) is 81.6 cm³/mol. The van der Waals surface area contributed by atoms with E-state index < -0.39 is 6.10 Å². The largest absolute Gasteiger partial charge is 0.388 e. The van der Waals surface area contributed by atoms with Gasteiger partial charge in [-0.15, -0.1) is 0 Å². The molecule has 0 amide bonds. The zero-order valence-electron chi connectivity index (χ0n) is 10.3. The minimum atomic E-state index is -0.738. The van der Waals surface area contributed by atoms with Crippen molar-refractivity contribution in [3.63, 3.8) is 0 Å². The summed E-state index contributed by atoms with van der Waals surface area (Å²) in [6.07, 6.45) is -0.495. The van der Waals surface area contributed by atoms with Gasteiger partial charge in [0.05, 0.1) is 6.10 Å². The molecular formula is C15H13Br2FO. The Labute approximate surface area is 128 Å². The highest BCUT2D eigenvalue weighted by molar-refractivity contribution is 9.10. The second kappa shape index (κ2) is 6.16. The minimum Gasteiger partial charge on any atom is -0.388 e. The molecule has 0 fully saturated rings. The predicted octanol–water partition coefficient (Wildman–Crippen LogP) is 4.94. The zero-order chi connectivity index (χ0) is 14.0. The fourth-order valence-electron chi connectivity index (χ4n) is 1.95. The van der Waals surface area contributed by atoms with Crippen molar-refractivity contribution < 1.29 is 9.50 Å². The number of aryl methyl sites for hydroxylation is 1. The van der Waals surface area contributed by atoms with Crippen molar-refractivity contribution in [2.24, 2.45) is 0 Å². The average Bonchev–Trinajstić information content (AvgIpc) is 2.37. The summed E-state index contributed by atoms with van der Waals surface area (Å²) in [4.78, 5) is 0. The summed E-state index contributed by atoms with van der Waals surface area (Å²) in [7, 11) is 0. The molecule has 0 spiro atoms. The van der Waals surface area contributed by atoms with E-state index in [-0.39, 0.29) is 12.2 Å². The first-order valence-electron chi connectivity index (χ1n) is 5.86. The Hall–Kier alpha value is -0.710. The summed E-state index contributed by atoms with van der Waals surface area (Å²) >= 11 is 6.78. The van der Waals surface area contributed by atoms with E-state index in [1.165, 1.54) is 6.07 Å². The fraction of sp³-hybridized carbons (Fsp3) is 0.200. The van der Waals surface area contributed by atoms with Crippen LogP contribution in [0.1, 0.15) is 22.8 Å². The molecule has 0 aliphatic heterocycles. The van der Waals surface area contributed by atoms with Crippen LogP contribution in [0.15, 0.2) is 45.3 Å². The molecule has 4 heteroatoms. The molecule has 0 saturated heterocycles. The van der Waals surface area contributed by atoms with Crippen LogP contribution in [0.5, 0.6) is 0 Å². The van der Waals surface area contributed by atoms with Crippen molar-refractivity contribution in [3.8, 4) is 0 Å². The van der Waals surface area contributed by atoms with E-state index in [0.29, 0.717) is 5.56 Å². The molecule has 0 aliphatic carbocycles. The highest BCUT2D eigenvalue weighted by atomic mass is 79.9. The van der Waals surface area contributed by atoms with Crippen LogP contribution in [0.4, 0.5) is 4.39 Å². The third-order valence-corrected chi connectivity index (χ3v) is 4.58. The number of aliphatic hydroxyl groups is 1. The molecule has 0 heterocycles. The lowest BCUT2D eigenvalue weighted by atomic mass is 10.00. The lowest BCUT2D eigenvalue weighted by Gasteiger charge is -2.15. The molecule has 0 saturated carbocycles. The van der Waals surface area contributed by atoms with Gasteiger partial charge >= 0.3 is 0 Å². The third-order valence-electron chi connectivity index (χ3n) is 3.00. The molecule has 0 aliphatic rings. The molecule has 0 bridgehead atoms. The molecule has 2 aromatic rings. The Balaban J connectivity index is 2.28. The fourth-order valence-corrected chi connectivity index (χ4v) is 2.88. The maximum Gasteiger partial charge on any atom is 0.126 e. The van der Waals surface area contributed by atoms with E-state index in [2.05, 4.69) is 31.9 Å². The Bertz CT molecular complexity index is 599. The average molecular weight is 388 g/mol. The molecule has 1 nitrogen and oxygen atoms in total. The summed E-state index contributed by atoms with van der Waals surface area (Å²) in [5.41, 5.74) is 2.32. The summed E-state index contributed by atoms with van der Waals surface area (Å²) in [5, 5.41) is 10.3. The molecule has 2 rings (SSSR count). The van der Waals surface area contributed by atoms with Gasteiger partial charge in [0.1, 0.15) is 5.82 Å². The first-order chi connectivity index (χ1) is 8.99. The Morgan fingerprint density at radius 1 is 1.21 bits per heavy atom. The van der Waals surface area contributed by atoms with E-state index in [9.17, 15) is 9.50 Å². The SMILES string of the molecule is Cc1cccc(C(O)Cc2cc(Br)ccc2F)c1Br. The van der Waals surface area contributed by atoms with E-state index >= 15 is 0 Å². The van der Waals surface area contributed by atoms with Crippen LogP contribution in [-0.4, -0.2) is 5.11 Å². The van der Waals surface area contributed by atoms with Gasteiger partial charge in [0.15, 0.2) is 0 Å². The van der Waals surface area contributed by atoms with Crippen molar-refractivity contribution in [1.82, 2.24) is 0 Å². The van der Waals surface area contributed by atoms with Crippen molar-refractivity contribution in [2.75, 3.05) is 0 Å². The highest BCUT2D eigenvalue weighted by Crippen LogP contribution is 2.29.